The van der Waals surface area contributed by atoms with Crippen LogP contribution in [0.4, 0.5) is 0 Å². The Morgan fingerprint density at radius 1 is 1.40 bits per heavy atom. The lowest BCUT2D eigenvalue weighted by atomic mass is 10.1. The lowest BCUT2D eigenvalue weighted by Gasteiger charge is -2.19. The van der Waals surface area contributed by atoms with E-state index in [-0.39, 0.29) is 0 Å². The molecule has 1 N–H and O–H groups in total. The van der Waals surface area contributed by atoms with Gasteiger partial charge in [0.15, 0.2) is 0 Å². The second kappa shape index (κ2) is 5.69. The number of hydrogen-bond acceptors (Lipinski definition) is 2. The number of nitrogens with zero attached hydrogens (tertiary/aromatic N) is 1. The summed E-state index contributed by atoms with van der Waals surface area (Å²) in [6.45, 7) is 3.37. The lowest BCUT2D eigenvalue weighted by Crippen LogP contribution is -2.35. The third-order valence-corrected chi connectivity index (χ3v) is 1.63. The third-order valence-electron chi connectivity index (χ3n) is 1.63. The molecule has 0 aromatic rings. The summed E-state index contributed by atoms with van der Waals surface area (Å²) in [5, 5.41) is 3.29. The first-order valence-corrected chi connectivity index (χ1v) is 4.02. The Hall–Kier alpha value is -0.0800. The molecule has 0 radical (unpaired) electrons. The number of hydrogen-bond donors (Lipinski definition) is 1. The Bertz CT molecular complexity index is 71.7. The fourth-order valence-electron chi connectivity index (χ4n) is 1.12. The molecule has 0 saturated heterocycles. The second-order valence-electron chi connectivity index (χ2n) is 3.04. The molecule has 0 saturated carbocycles. The zero-order chi connectivity index (χ0) is 7.98. The first kappa shape index (κ1) is 9.92. The standard InChI is InChI=1S/C8H20N2/c1-5-6-8(9-2)7-10(3)4/h8-9H,5-7H2,1-4H3/t8-/m1/s1. The average molecular weight is 144 g/mol. The molecule has 0 fully saturated rings. The zero-order valence-corrected chi connectivity index (χ0v) is 7.65. The van der Waals surface area contributed by atoms with Gasteiger partial charge in [-0.05, 0) is 27.6 Å². The van der Waals surface area contributed by atoms with E-state index in [0.29, 0.717) is 6.04 Å². The molecule has 0 aliphatic rings. The van der Waals surface area contributed by atoms with Crippen LogP contribution in [0.3, 0.4) is 0 Å². The quantitative estimate of drug-likeness (QED) is 0.617. The highest BCUT2D eigenvalue weighted by molar-refractivity contribution is 4.65. The summed E-state index contributed by atoms with van der Waals surface area (Å²) in [5.74, 6) is 0. The molecule has 0 rings (SSSR count). The van der Waals surface area contributed by atoms with Gasteiger partial charge in [-0.15, -0.1) is 0 Å². The van der Waals surface area contributed by atoms with Gasteiger partial charge in [0.1, 0.15) is 0 Å². The van der Waals surface area contributed by atoms with Crippen molar-refractivity contribution in [2.45, 2.75) is 25.8 Å². The SMILES string of the molecule is CCC[C@H](CN(C)C)NC. The summed E-state index contributed by atoms with van der Waals surface area (Å²) < 4.78 is 0. The molecule has 2 nitrogen and oxygen atoms in total. The Kier molecular flexibility index (Phi) is 5.64. The smallest absolute Gasteiger partial charge is 0.0191 e. The predicted molar refractivity (Wildman–Crippen MR) is 46.3 cm³/mol. The summed E-state index contributed by atoms with van der Waals surface area (Å²) in [4.78, 5) is 2.22. The molecule has 0 spiro atoms. The van der Waals surface area contributed by atoms with Crippen molar-refractivity contribution in [2.24, 2.45) is 0 Å². The molecule has 62 valence electrons. The van der Waals surface area contributed by atoms with E-state index in [2.05, 4.69) is 31.2 Å². The highest BCUT2D eigenvalue weighted by Gasteiger charge is 2.04. The van der Waals surface area contributed by atoms with Gasteiger partial charge in [-0.2, -0.15) is 0 Å². The molecule has 0 aliphatic carbocycles. The Balaban J connectivity index is 3.39. The third kappa shape index (κ3) is 4.77. The van der Waals surface area contributed by atoms with Gasteiger partial charge in [0.05, 0.1) is 0 Å². The van der Waals surface area contributed by atoms with Gasteiger partial charge < -0.3 is 10.2 Å². The molecule has 10 heavy (non-hydrogen) atoms. The summed E-state index contributed by atoms with van der Waals surface area (Å²) in [6, 6.07) is 0.667. The summed E-state index contributed by atoms with van der Waals surface area (Å²) in [7, 11) is 6.25. The van der Waals surface area contributed by atoms with Gasteiger partial charge in [0.2, 0.25) is 0 Å². The predicted octanol–water partition coefficient (Wildman–Crippen LogP) is 0.936. The van der Waals surface area contributed by atoms with Gasteiger partial charge in [-0.25, -0.2) is 0 Å². The first-order valence-electron chi connectivity index (χ1n) is 4.02. The van der Waals surface area contributed by atoms with Crippen LogP contribution >= 0.6 is 0 Å². The molecule has 0 heterocycles. The highest BCUT2D eigenvalue weighted by Crippen LogP contribution is 1.96. The molecule has 0 aromatic heterocycles. The molecular weight excluding hydrogens is 124 g/mol. The van der Waals surface area contributed by atoms with Gasteiger partial charge in [0, 0.05) is 12.6 Å². The molecule has 0 unspecified atom stereocenters. The topological polar surface area (TPSA) is 15.3 Å². The van der Waals surface area contributed by atoms with E-state index in [1.165, 1.54) is 12.8 Å². The van der Waals surface area contributed by atoms with Gasteiger partial charge >= 0.3 is 0 Å². The Morgan fingerprint density at radius 2 is 2.00 bits per heavy atom. The van der Waals surface area contributed by atoms with Crippen molar-refractivity contribution in [1.82, 2.24) is 10.2 Å². The summed E-state index contributed by atoms with van der Waals surface area (Å²) in [5.41, 5.74) is 0. The summed E-state index contributed by atoms with van der Waals surface area (Å²) >= 11 is 0. The van der Waals surface area contributed by atoms with E-state index in [9.17, 15) is 0 Å². The lowest BCUT2D eigenvalue weighted by molar-refractivity contribution is 0.336. The Morgan fingerprint density at radius 3 is 2.30 bits per heavy atom. The van der Waals surface area contributed by atoms with Gasteiger partial charge in [0.25, 0.3) is 0 Å². The fraction of sp³-hybridized carbons (Fsp3) is 1.00. The van der Waals surface area contributed by atoms with Crippen LogP contribution in [0.1, 0.15) is 19.8 Å². The average Bonchev–Trinajstić information content (AvgIpc) is 1.86. The van der Waals surface area contributed by atoms with Crippen molar-refractivity contribution in [2.75, 3.05) is 27.7 Å². The van der Waals surface area contributed by atoms with E-state index in [0.717, 1.165) is 6.54 Å². The van der Waals surface area contributed by atoms with Crippen molar-refractivity contribution < 1.29 is 0 Å². The first-order chi connectivity index (χ1) is 4.70. The van der Waals surface area contributed by atoms with Crippen molar-refractivity contribution in [3.05, 3.63) is 0 Å². The Labute approximate surface area is 64.6 Å². The molecule has 2 heteroatoms. The highest BCUT2D eigenvalue weighted by atomic mass is 15.1. The monoisotopic (exact) mass is 144 g/mol. The number of nitrogens with one attached hydrogen (secondary N) is 1. The molecule has 1 atom stereocenters. The maximum atomic E-state index is 3.29. The van der Waals surface area contributed by atoms with Crippen LogP contribution in [0, 0.1) is 0 Å². The van der Waals surface area contributed by atoms with Crippen LogP contribution in [-0.4, -0.2) is 38.6 Å². The van der Waals surface area contributed by atoms with E-state index in [1.54, 1.807) is 0 Å². The molecule has 0 aromatic carbocycles. The van der Waals surface area contributed by atoms with E-state index >= 15 is 0 Å². The normalized spacial score (nSPS) is 14.1. The molecule has 0 bridgehead atoms. The molecule has 0 amide bonds. The van der Waals surface area contributed by atoms with Crippen LogP contribution < -0.4 is 5.32 Å². The second-order valence-corrected chi connectivity index (χ2v) is 3.04. The van der Waals surface area contributed by atoms with Crippen molar-refractivity contribution in [3.8, 4) is 0 Å². The van der Waals surface area contributed by atoms with Crippen LogP contribution in [0.5, 0.6) is 0 Å². The maximum Gasteiger partial charge on any atom is 0.0191 e. The minimum Gasteiger partial charge on any atom is -0.316 e. The van der Waals surface area contributed by atoms with Crippen molar-refractivity contribution in [3.63, 3.8) is 0 Å². The van der Waals surface area contributed by atoms with Gasteiger partial charge in [-0.1, -0.05) is 13.3 Å². The van der Waals surface area contributed by atoms with Crippen molar-refractivity contribution in [1.29, 1.82) is 0 Å². The van der Waals surface area contributed by atoms with E-state index in [1.807, 2.05) is 7.05 Å². The molecular formula is C8H20N2. The van der Waals surface area contributed by atoms with Gasteiger partial charge in [-0.3, -0.25) is 0 Å². The maximum absolute atomic E-state index is 3.29. The van der Waals surface area contributed by atoms with Crippen LogP contribution in [0.15, 0.2) is 0 Å². The van der Waals surface area contributed by atoms with Crippen LogP contribution in [0.25, 0.3) is 0 Å². The van der Waals surface area contributed by atoms with Crippen molar-refractivity contribution >= 4 is 0 Å². The molecule has 0 aliphatic heterocycles. The minimum absolute atomic E-state index is 0.667. The minimum atomic E-state index is 0.667. The largest absolute Gasteiger partial charge is 0.316 e. The van der Waals surface area contributed by atoms with E-state index < -0.39 is 0 Å². The summed E-state index contributed by atoms with van der Waals surface area (Å²) in [6.07, 6.45) is 2.54. The fourth-order valence-corrected chi connectivity index (χ4v) is 1.12. The van der Waals surface area contributed by atoms with Crippen LogP contribution in [0.2, 0.25) is 0 Å². The van der Waals surface area contributed by atoms with E-state index in [4.69, 9.17) is 0 Å². The number of rotatable bonds is 5. The van der Waals surface area contributed by atoms with Crippen LogP contribution in [-0.2, 0) is 0 Å². The number of likely N-dealkylation sites (N-methyl/N-ethyl adjacent to an activating group) is 2. The zero-order valence-electron chi connectivity index (χ0n) is 7.65.